The number of allylic oxidation sites excluding steroid dienone is 4. The molecule has 0 saturated heterocycles. The summed E-state index contributed by atoms with van der Waals surface area (Å²) < 4.78 is 0. The Hall–Kier alpha value is -4.81. The number of aryl methyl sites for hydroxylation is 1. The zero-order chi connectivity index (χ0) is 37.9. The quantitative estimate of drug-likeness (QED) is 0.0560. The number of hydrogen-bond acceptors (Lipinski definition) is 5. The lowest BCUT2D eigenvalue weighted by molar-refractivity contribution is 0.900. The highest BCUT2D eigenvalue weighted by molar-refractivity contribution is 8.03. The van der Waals surface area contributed by atoms with E-state index in [1.807, 2.05) is 88.0 Å². The van der Waals surface area contributed by atoms with Crippen LogP contribution in [0.25, 0.3) is 6.08 Å². The van der Waals surface area contributed by atoms with Crippen molar-refractivity contribution in [1.82, 2.24) is 5.43 Å². The van der Waals surface area contributed by atoms with Gasteiger partial charge in [0, 0.05) is 27.1 Å². The van der Waals surface area contributed by atoms with Crippen molar-refractivity contribution in [3.05, 3.63) is 190 Å². The first kappa shape index (κ1) is 44.2. The third-order valence-corrected chi connectivity index (χ3v) is 8.59. The molecule has 5 heteroatoms. The van der Waals surface area contributed by atoms with Gasteiger partial charge in [0.05, 0.1) is 0 Å². The minimum atomic E-state index is 0.425. The Bertz CT molecular complexity index is 1680. The summed E-state index contributed by atoms with van der Waals surface area (Å²) in [6.07, 6.45) is 6.41. The third-order valence-electron chi connectivity index (χ3n) is 7.22. The molecule has 0 heterocycles. The zero-order valence-electron chi connectivity index (χ0n) is 31.8. The van der Waals surface area contributed by atoms with Gasteiger partial charge in [0.1, 0.15) is 0 Å². The maximum Gasteiger partial charge on any atom is 0.0344 e. The van der Waals surface area contributed by atoms with Crippen LogP contribution < -0.4 is 22.7 Å². The predicted octanol–water partition coefficient (Wildman–Crippen LogP) is 11.9. The maximum atomic E-state index is 5.62. The Labute approximate surface area is 313 Å². The molecule has 0 fully saturated rings. The molecule has 1 aliphatic carbocycles. The molecule has 1 aliphatic rings. The van der Waals surface area contributed by atoms with Crippen LogP contribution in [0.5, 0.6) is 0 Å². The highest BCUT2D eigenvalue weighted by Crippen LogP contribution is 2.55. The second kappa shape index (κ2) is 27.0. The molecule has 0 aliphatic heterocycles. The van der Waals surface area contributed by atoms with Crippen molar-refractivity contribution in [1.29, 1.82) is 0 Å². The van der Waals surface area contributed by atoms with Crippen LogP contribution in [0.4, 0.5) is 11.4 Å². The van der Waals surface area contributed by atoms with E-state index >= 15 is 0 Å². The van der Waals surface area contributed by atoms with Crippen LogP contribution in [-0.2, 0) is 6.42 Å². The van der Waals surface area contributed by atoms with Crippen molar-refractivity contribution in [3.8, 4) is 0 Å². The topological polar surface area (TPSA) is 90.1 Å². The maximum absolute atomic E-state index is 5.62. The van der Waals surface area contributed by atoms with E-state index < -0.39 is 0 Å². The van der Waals surface area contributed by atoms with Gasteiger partial charge >= 0.3 is 0 Å². The van der Waals surface area contributed by atoms with Crippen molar-refractivity contribution < 1.29 is 0 Å². The molecule has 0 radical (unpaired) electrons. The largest absolute Gasteiger partial charge is 0.399 e. The molecule has 7 N–H and O–H groups in total. The summed E-state index contributed by atoms with van der Waals surface area (Å²) in [6, 6.07) is 47.1. The Morgan fingerprint density at radius 1 is 0.686 bits per heavy atom. The fourth-order valence-electron chi connectivity index (χ4n) is 4.75. The summed E-state index contributed by atoms with van der Waals surface area (Å²) in [5.74, 6) is 5.02. The summed E-state index contributed by atoms with van der Waals surface area (Å²) in [5, 5.41) is 0. The third kappa shape index (κ3) is 17.1. The van der Waals surface area contributed by atoms with Crippen molar-refractivity contribution >= 4 is 29.2 Å². The molecule has 0 aromatic heterocycles. The van der Waals surface area contributed by atoms with Gasteiger partial charge in [-0.3, -0.25) is 11.3 Å². The van der Waals surface area contributed by atoms with Crippen LogP contribution in [-0.4, -0.2) is 7.05 Å². The Morgan fingerprint density at radius 3 is 1.61 bits per heavy atom. The fourth-order valence-corrected chi connectivity index (χ4v) is 6.01. The summed E-state index contributed by atoms with van der Waals surface area (Å²) in [4.78, 5) is 2.80. The lowest BCUT2D eigenvalue weighted by Crippen LogP contribution is -2.13. The molecule has 0 bridgehead atoms. The smallest absolute Gasteiger partial charge is 0.0344 e. The summed E-state index contributed by atoms with van der Waals surface area (Å²) >= 11 is 1.90. The Kier molecular flexibility index (Phi) is 23.4. The number of nitrogens with one attached hydrogen (secondary N) is 1. The normalized spacial score (nSPS) is 12.3. The van der Waals surface area contributed by atoms with Gasteiger partial charge in [-0.1, -0.05) is 168 Å². The first-order valence-electron chi connectivity index (χ1n) is 17.8. The molecule has 5 aromatic carbocycles. The van der Waals surface area contributed by atoms with Gasteiger partial charge in [0.15, 0.2) is 0 Å². The molecule has 0 saturated carbocycles. The van der Waals surface area contributed by atoms with E-state index in [1.54, 1.807) is 7.05 Å². The molecular formula is C46H60N4S. The second-order valence-corrected chi connectivity index (χ2v) is 12.0. The average molecular weight is 701 g/mol. The summed E-state index contributed by atoms with van der Waals surface area (Å²) in [6.45, 7) is 16.4. The van der Waals surface area contributed by atoms with E-state index in [0.717, 1.165) is 24.2 Å². The van der Waals surface area contributed by atoms with Gasteiger partial charge in [-0.2, -0.15) is 0 Å². The van der Waals surface area contributed by atoms with E-state index in [0.29, 0.717) is 5.92 Å². The van der Waals surface area contributed by atoms with Crippen molar-refractivity contribution in [3.63, 3.8) is 0 Å². The fraction of sp³-hybridized carbons (Fsp3) is 0.217. The lowest BCUT2D eigenvalue weighted by atomic mass is 10.0. The molecule has 51 heavy (non-hydrogen) atoms. The highest BCUT2D eigenvalue weighted by Gasteiger charge is 2.36. The number of hydrazine groups is 1. The van der Waals surface area contributed by atoms with E-state index in [9.17, 15) is 0 Å². The molecule has 270 valence electrons. The van der Waals surface area contributed by atoms with Crippen LogP contribution in [0.1, 0.15) is 63.3 Å². The first-order valence-corrected chi connectivity index (χ1v) is 18.6. The number of hydrogen-bond donors (Lipinski definition) is 4. The molecule has 1 unspecified atom stereocenters. The number of rotatable bonds is 8. The average Bonchev–Trinajstić information content (AvgIpc) is 3.88. The number of anilines is 2. The minimum absolute atomic E-state index is 0.425. The van der Waals surface area contributed by atoms with Gasteiger partial charge in [0.25, 0.3) is 0 Å². The van der Waals surface area contributed by atoms with Gasteiger partial charge in [-0.25, -0.2) is 0 Å². The SMILES string of the molecule is C=CC1C(Sc2ccccc2C)=C1/C(=C/c1ccccc1)CC.CC.CC.CNN.Nc1ccc(Cc2ccccc2)cc1.Nc1ccccc1. The number of thioether (sulfide) groups is 1. The van der Waals surface area contributed by atoms with Crippen LogP contribution in [0, 0.1) is 12.8 Å². The van der Waals surface area contributed by atoms with E-state index in [-0.39, 0.29) is 0 Å². The monoisotopic (exact) mass is 700 g/mol. The summed E-state index contributed by atoms with van der Waals surface area (Å²) in [5.41, 5.74) is 23.0. The number of benzene rings is 5. The lowest BCUT2D eigenvalue weighted by Gasteiger charge is -2.01. The van der Waals surface area contributed by atoms with Crippen LogP contribution in [0.2, 0.25) is 0 Å². The number of para-hydroxylation sites is 1. The van der Waals surface area contributed by atoms with Crippen LogP contribution in [0.3, 0.4) is 0 Å². The molecular weight excluding hydrogens is 641 g/mol. The van der Waals surface area contributed by atoms with Crippen molar-refractivity contribution in [2.45, 2.75) is 59.3 Å². The van der Waals surface area contributed by atoms with Gasteiger partial charge in [0.2, 0.25) is 0 Å². The molecule has 0 spiro atoms. The van der Waals surface area contributed by atoms with Crippen LogP contribution in [0.15, 0.2) is 173 Å². The predicted molar refractivity (Wildman–Crippen MR) is 229 cm³/mol. The Balaban J connectivity index is 0.000000393. The van der Waals surface area contributed by atoms with Crippen molar-refractivity contribution in [2.75, 3.05) is 18.5 Å². The molecule has 4 nitrogen and oxygen atoms in total. The molecule has 1 atom stereocenters. The van der Waals surface area contributed by atoms with E-state index in [1.165, 1.54) is 43.2 Å². The second-order valence-electron chi connectivity index (χ2n) is 10.9. The van der Waals surface area contributed by atoms with Crippen molar-refractivity contribution in [2.24, 2.45) is 11.8 Å². The standard InChI is InChI=1S/C22H22S.C13H13N.C6H7N.2C2H6.CH6N2/c1-4-18(15-17-12-7-6-8-13-17)21-19(5-2)22(21)23-20-14-10-9-11-16(20)3;14-13-8-6-12(7-9-13)10-11-4-2-1-3-5-11;7-6-4-2-1-3-5-6;2*1-2;1-3-2/h5-15,19H,2,4H2,1,3H3;1-9H,10,14H2;1-5H,7H2;2*1-2H3;3H,2H2,1H3/b18-15+;;;;;. The number of nitrogens with two attached hydrogens (primary N) is 3. The Morgan fingerprint density at radius 2 is 1.14 bits per heavy atom. The zero-order valence-corrected chi connectivity index (χ0v) is 32.6. The van der Waals surface area contributed by atoms with E-state index in [2.05, 4.69) is 135 Å². The molecule has 6 rings (SSSR count). The van der Waals surface area contributed by atoms with Gasteiger partial charge in [-0.15, -0.1) is 6.58 Å². The van der Waals surface area contributed by atoms with Gasteiger partial charge in [-0.05, 0) is 90.5 Å². The first-order chi connectivity index (χ1) is 24.9. The highest BCUT2D eigenvalue weighted by atomic mass is 32.2. The van der Waals surface area contributed by atoms with Crippen LogP contribution >= 0.6 is 11.8 Å². The number of nitrogen functional groups attached to an aromatic ring is 2. The minimum Gasteiger partial charge on any atom is -0.399 e. The molecule has 0 amide bonds. The van der Waals surface area contributed by atoms with Gasteiger partial charge < -0.3 is 11.5 Å². The summed E-state index contributed by atoms with van der Waals surface area (Å²) in [7, 11) is 1.65. The van der Waals surface area contributed by atoms with E-state index in [4.69, 9.17) is 11.5 Å². The molecule has 5 aromatic rings.